The molecule has 0 bridgehead atoms. The van der Waals surface area contributed by atoms with Gasteiger partial charge in [0.1, 0.15) is 5.52 Å². The number of hydrogen-bond donors (Lipinski definition) is 0. The van der Waals surface area contributed by atoms with Gasteiger partial charge in [-0.25, -0.2) is 4.63 Å². The van der Waals surface area contributed by atoms with Gasteiger partial charge in [0.15, 0.2) is 5.52 Å². The van der Waals surface area contributed by atoms with Crippen molar-refractivity contribution >= 4 is 22.3 Å². The number of benzene rings is 1. The van der Waals surface area contributed by atoms with E-state index in [1.54, 1.807) is 0 Å². The van der Waals surface area contributed by atoms with Gasteiger partial charge in [-0.3, -0.25) is 0 Å². The smallest absolute Gasteiger partial charge is 0.158 e. The fourth-order valence-corrected chi connectivity index (χ4v) is 3.07. The van der Waals surface area contributed by atoms with Crippen LogP contribution in [0.15, 0.2) is 35.0 Å². The Morgan fingerprint density at radius 1 is 1.05 bits per heavy atom. The molecule has 1 saturated heterocycles. The molecule has 2 aliphatic rings. The molecule has 1 aliphatic carbocycles. The number of nitrogens with zero attached hydrogens (tertiary/aromatic N) is 3. The molecule has 0 N–H and O–H groups in total. The lowest BCUT2D eigenvalue weighted by Crippen LogP contribution is -2.18. The third-order valence-electron chi connectivity index (χ3n) is 4.12. The van der Waals surface area contributed by atoms with Gasteiger partial charge in [0.2, 0.25) is 0 Å². The van der Waals surface area contributed by atoms with Gasteiger partial charge in [-0.05, 0) is 59.3 Å². The first-order valence-corrected chi connectivity index (χ1v) is 7.30. The average molecular weight is 267 g/mol. The number of fused-ring (bicyclic) bond motifs is 1. The van der Waals surface area contributed by atoms with Crippen LogP contribution in [-0.2, 0) is 0 Å². The number of anilines is 1. The van der Waals surface area contributed by atoms with Crippen LogP contribution in [0.2, 0.25) is 0 Å². The summed E-state index contributed by atoms with van der Waals surface area (Å²) in [5, 5.41) is 8.13. The molecule has 4 heteroatoms. The maximum atomic E-state index is 4.94. The zero-order chi connectivity index (χ0) is 13.4. The molecule has 2 heterocycles. The summed E-state index contributed by atoms with van der Waals surface area (Å²) in [6, 6.07) is 4.31. The molecule has 20 heavy (non-hydrogen) atoms. The SMILES string of the molecule is C1=CC(c2cc(N3CCCC3)c3nonc3c2)=CCC1. The van der Waals surface area contributed by atoms with Crippen LogP contribution >= 0.6 is 0 Å². The van der Waals surface area contributed by atoms with E-state index < -0.39 is 0 Å². The molecule has 1 aromatic carbocycles. The van der Waals surface area contributed by atoms with Gasteiger partial charge >= 0.3 is 0 Å². The van der Waals surface area contributed by atoms with Crippen molar-refractivity contribution < 1.29 is 4.63 Å². The van der Waals surface area contributed by atoms with Crippen LogP contribution in [0.1, 0.15) is 31.2 Å². The van der Waals surface area contributed by atoms with Gasteiger partial charge < -0.3 is 4.90 Å². The highest BCUT2D eigenvalue weighted by Gasteiger charge is 2.19. The van der Waals surface area contributed by atoms with Gasteiger partial charge in [-0.2, -0.15) is 0 Å². The van der Waals surface area contributed by atoms with E-state index in [1.165, 1.54) is 24.0 Å². The summed E-state index contributed by atoms with van der Waals surface area (Å²) < 4.78 is 4.94. The first-order valence-electron chi connectivity index (χ1n) is 7.30. The Morgan fingerprint density at radius 3 is 2.75 bits per heavy atom. The highest BCUT2D eigenvalue weighted by molar-refractivity contribution is 5.93. The average Bonchev–Trinajstić information content (AvgIpc) is 3.18. The van der Waals surface area contributed by atoms with Crippen LogP contribution in [-0.4, -0.2) is 23.4 Å². The Bertz CT molecular complexity index is 693. The van der Waals surface area contributed by atoms with Crippen LogP contribution in [0.25, 0.3) is 16.6 Å². The zero-order valence-corrected chi connectivity index (χ0v) is 11.4. The molecule has 0 spiro atoms. The van der Waals surface area contributed by atoms with Gasteiger partial charge in [0, 0.05) is 13.1 Å². The van der Waals surface area contributed by atoms with Crippen molar-refractivity contribution in [1.82, 2.24) is 10.3 Å². The molecule has 0 unspecified atom stereocenters. The van der Waals surface area contributed by atoms with Gasteiger partial charge in [0.25, 0.3) is 0 Å². The van der Waals surface area contributed by atoms with E-state index >= 15 is 0 Å². The normalized spacial score (nSPS) is 18.8. The third-order valence-corrected chi connectivity index (χ3v) is 4.12. The quantitative estimate of drug-likeness (QED) is 0.834. The zero-order valence-electron chi connectivity index (χ0n) is 11.4. The van der Waals surface area contributed by atoms with Crippen molar-refractivity contribution in [3.8, 4) is 0 Å². The van der Waals surface area contributed by atoms with Gasteiger partial charge in [-0.15, -0.1) is 0 Å². The highest BCUT2D eigenvalue weighted by atomic mass is 16.6. The molecular weight excluding hydrogens is 250 g/mol. The summed E-state index contributed by atoms with van der Waals surface area (Å²) in [7, 11) is 0. The lowest BCUT2D eigenvalue weighted by atomic mass is 9.98. The van der Waals surface area contributed by atoms with Crippen LogP contribution in [0.3, 0.4) is 0 Å². The predicted molar refractivity (Wildman–Crippen MR) is 79.6 cm³/mol. The van der Waals surface area contributed by atoms with Crippen LogP contribution < -0.4 is 4.90 Å². The fourth-order valence-electron chi connectivity index (χ4n) is 3.07. The van der Waals surface area contributed by atoms with Crippen molar-refractivity contribution in [2.24, 2.45) is 0 Å². The molecule has 4 nitrogen and oxygen atoms in total. The standard InChI is InChI=1S/C16H17N3O/c1-2-6-12(7-3-1)13-10-14-16(18-20-17-14)15(11-13)19-8-4-5-9-19/h2,6-7,10-11H,1,3-5,8-9H2. The van der Waals surface area contributed by atoms with Crippen molar-refractivity contribution in [2.75, 3.05) is 18.0 Å². The molecule has 0 radical (unpaired) electrons. The Morgan fingerprint density at radius 2 is 1.95 bits per heavy atom. The van der Waals surface area contributed by atoms with E-state index in [9.17, 15) is 0 Å². The Kier molecular flexibility index (Phi) is 2.80. The van der Waals surface area contributed by atoms with Crippen LogP contribution in [0, 0.1) is 0 Å². The van der Waals surface area contributed by atoms with E-state index in [4.69, 9.17) is 4.63 Å². The largest absolute Gasteiger partial charge is 0.370 e. The van der Waals surface area contributed by atoms with E-state index in [-0.39, 0.29) is 0 Å². The molecule has 0 saturated carbocycles. The first kappa shape index (κ1) is 11.7. The fraction of sp³-hybridized carbons (Fsp3) is 0.375. The summed E-state index contributed by atoms with van der Waals surface area (Å²) in [6.45, 7) is 2.20. The number of allylic oxidation sites excluding steroid dienone is 4. The van der Waals surface area contributed by atoms with Crippen molar-refractivity contribution in [3.05, 3.63) is 35.9 Å². The van der Waals surface area contributed by atoms with E-state index in [0.29, 0.717) is 0 Å². The van der Waals surface area contributed by atoms with Crippen molar-refractivity contribution in [3.63, 3.8) is 0 Å². The lowest BCUT2D eigenvalue weighted by Gasteiger charge is -2.19. The molecule has 1 aliphatic heterocycles. The topological polar surface area (TPSA) is 42.2 Å². The minimum absolute atomic E-state index is 0.851. The van der Waals surface area contributed by atoms with E-state index in [1.807, 2.05) is 0 Å². The van der Waals surface area contributed by atoms with E-state index in [0.717, 1.165) is 42.7 Å². The first-order chi connectivity index (χ1) is 9.92. The molecule has 4 rings (SSSR count). The molecule has 1 fully saturated rings. The van der Waals surface area contributed by atoms with Gasteiger partial charge in [-0.1, -0.05) is 18.2 Å². The Hall–Kier alpha value is -2.10. The maximum absolute atomic E-state index is 4.94. The highest BCUT2D eigenvalue weighted by Crippen LogP contribution is 2.32. The second kappa shape index (κ2) is 4.78. The Labute approximate surface area is 117 Å². The molecule has 0 amide bonds. The van der Waals surface area contributed by atoms with Crippen molar-refractivity contribution in [2.45, 2.75) is 25.7 Å². The summed E-state index contributed by atoms with van der Waals surface area (Å²) in [5.74, 6) is 0. The van der Waals surface area contributed by atoms with Gasteiger partial charge in [0.05, 0.1) is 5.69 Å². The summed E-state index contributed by atoms with van der Waals surface area (Å²) in [6.07, 6.45) is 11.5. The van der Waals surface area contributed by atoms with Crippen molar-refractivity contribution in [1.29, 1.82) is 0 Å². The minimum Gasteiger partial charge on any atom is -0.370 e. The summed E-state index contributed by atoms with van der Waals surface area (Å²) in [5.41, 5.74) is 5.39. The molecule has 1 aromatic heterocycles. The monoisotopic (exact) mass is 267 g/mol. The molecular formula is C16H17N3O. The molecule has 2 aromatic rings. The minimum atomic E-state index is 0.851. The summed E-state index contributed by atoms with van der Waals surface area (Å²) >= 11 is 0. The maximum Gasteiger partial charge on any atom is 0.158 e. The Balaban J connectivity index is 1.85. The predicted octanol–water partition coefficient (Wildman–Crippen LogP) is 3.56. The summed E-state index contributed by atoms with van der Waals surface area (Å²) in [4.78, 5) is 2.39. The van der Waals surface area contributed by atoms with Crippen LogP contribution in [0.5, 0.6) is 0 Å². The molecule has 102 valence electrons. The number of rotatable bonds is 2. The molecule has 0 atom stereocenters. The third kappa shape index (κ3) is 1.92. The number of hydrogen-bond acceptors (Lipinski definition) is 4. The second-order valence-electron chi connectivity index (χ2n) is 5.46. The van der Waals surface area contributed by atoms with E-state index in [2.05, 4.69) is 45.6 Å². The second-order valence-corrected chi connectivity index (χ2v) is 5.46. The van der Waals surface area contributed by atoms with Crippen LogP contribution in [0.4, 0.5) is 5.69 Å². The lowest BCUT2D eigenvalue weighted by molar-refractivity contribution is 0.315. The number of aromatic nitrogens is 2.